The first kappa shape index (κ1) is 20.3. The Morgan fingerprint density at radius 3 is 2.42 bits per heavy atom. The first-order valence-electron chi connectivity index (χ1n) is 7.61. The average Bonchev–Trinajstić information content (AvgIpc) is 2.45. The summed E-state index contributed by atoms with van der Waals surface area (Å²) in [6.07, 6.45) is -0.117. The molecule has 5 nitrogen and oxygen atoms in total. The second kappa shape index (κ2) is 9.52. The third-order valence-electron chi connectivity index (χ3n) is 2.82. The zero-order valence-electron chi connectivity index (χ0n) is 14.1. The number of carbonyl (C=O) groups excluding carboxylic acids is 1. The second-order valence-electron chi connectivity index (χ2n) is 6.21. The van der Waals surface area contributed by atoms with Gasteiger partial charge in [-0.05, 0) is 74.0 Å². The van der Waals surface area contributed by atoms with Gasteiger partial charge in [-0.3, -0.25) is 9.69 Å². The minimum atomic E-state index is -0.885. The van der Waals surface area contributed by atoms with Crippen molar-refractivity contribution in [2.24, 2.45) is 0 Å². The molecule has 0 unspecified atom stereocenters. The number of benzene rings is 1. The van der Waals surface area contributed by atoms with Crippen molar-refractivity contribution < 1.29 is 19.4 Å². The molecule has 1 amide bonds. The van der Waals surface area contributed by atoms with E-state index >= 15 is 0 Å². The Labute approximate surface area is 156 Å². The molecule has 130 valence electrons. The normalized spacial score (nSPS) is 10.5. The Hall–Kier alpha value is -1.75. The quantitative estimate of drug-likeness (QED) is 0.556. The van der Waals surface area contributed by atoms with Crippen molar-refractivity contribution in [3.8, 4) is 11.8 Å². The van der Waals surface area contributed by atoms with Crippen LogP contribution in [0, 0.1) is 15.4 Å². The van der Waals surface area contributed by atoms with E-state index in [1.807, 2.05) is 24.3 Å². The van der Waals surface area contributed by atoms with Gasteiger partial charge in [-0.1, -0.05) is 11.8 Å². The van der Waals surface area contributed by atoms with E-state index in [9.17, 15) is 9.59 Å². The van der Waals surface area contributed by atoms with Gasteiger partial charge < -0.3 is 9.84 Å². The molecule has 24 heavy (non-hydrogen) atoms. The van der Waals surface area contributed by atoms with Gasteiger partial charge in [-0.25, -0.2) is 4.79 Å². The van der Waals surface area contributed by atoms with Crippen LogP contribution in [0.25, 0.3) is 0 Å². The Morgan fingerprint density at radius 2 is 1.88 bits per heavy atom. The van der Waals surface area contributed by atoms with Gasteiger partial charge in [0.15, 0.2) is 0 Å². The predicted molar refractivity (Wildman–Crippen MR) is 101 cm³/mol. The highest BCUT2D eigenvalue weighted by Crippen LogP contribution is 2.10. The maximum atomic E-state index is 12.2. The summed E-state index contributed by atoms with van der Waals surface area (Å²) in [7, 11) is 0. The minimum Gasteiger partial charge on any atom is -0.481 e. The van der Waals surface area contributed by atoms with Crippen LogP contribution in [0.5, 0.6) is 0 Å². The van der Waals surface area contributed by atoms with E-state index in [-0.39, 0.29) is 13.0 Å². The summed E-state index contributed by atoms with van der Waals surface area (Å²) in [4.78, 5) is 24.3. The molecular formula is C18H22INO4. The number of nitrogens with zero attached hydrogens (tertiary/aromatic N) is 1. The molecule has 0 atom stereocenters. The highest BCUT2D eigenvalue weighted by atomic mass is 127. The van der Waals surface area contributed by atoms with E-state index < -0.39 is 17.7 Å². The maximum Gasteiger partial charge on any atom is 0.411 e. The van der Waals surface area contributed by atoms with E-state index in [4.69, 9.17) is 9.84 Å². The van der Waals surface area contributed by atoms with Gasteiger partial charge in [0.25, 0.3) is 0 Å². The third-order valence-corrected chi connectivity index (χ3v) is 3.54. The molecule has 1 aromatic rings. The van der Waals surface area contributed by atoms with Crippen LogP contribution in [-0.2, 0) is 9.53 Å². The van der Waals surface area contributed by atoms with Crippen LogP contribution in [0.4, 0.5) is 4.79 Å². The van der Waals surface area contributed by atoms with Gasteiger partial charge >= 0.3 is 12.1 Å². The maximum absolute atomic E-state index is 12.2. The van der Waals surface area contributed by atoms with Gasteiger partial charge in [-0.15, -0.1) is 0 Å². The first-order valence-corrected chi connectivity index (χ1v) is 8.69. The zero-order chi connectivity index (χ0) is 18.2. The van der Waals surface area contributed by atoms with Crippen LogP contribution in [0.1, 0.15) is 39.2 Å². The Bertz CT molecular complexity index is 623. The van der Waals surface area contributed by atoms with Gasteiger partial charge in [0.2, 0.25) is 0 Å². The summed E-state index contributed by atoms with van der Waals surface area (Å²) in [6.45, 7) is 5.86. The second-order valence-corrected chi connectivity index (χ2v) is 7.45. The van der Waals surface area contributed by atoms with Crippen LogP contribution in [-0.4, -0.2) is 40.8 Å². The third kappa shape index (κ3) is 8.77. The molecular weight excluding hydrogens is 421 g/mol. The molecule has 0 spiro atoms. The highest BCUT2D eigenvalue weighted by molar-refractivity contribution is 14.1. The van der Waals surface area contributed by atoms with Crippen LogP contribution >= 0.6 is 22.6 Å². The van der Waals surface area contributed by atoms with Crippen molar-refractivity contribution in [3.63, 3.8) is 0 Å². The van der Waals surface area contributed by atoms with Crippen LogP contribution in [0.2, 0.25) is 0 Å². The number of carboxylic acids is 1. The molecule has 0 radical (unpaired) electrons. The van der Waals surface area contributed by atoms with Crippen molar-refractivity contribution in [1.82, 2.24) is 4.90 Å². The summed E-state index contributed by atoms with van der Waals surface area (Å²) < 4.78 is 6.47. The number of amides is 1. The molecule has 0 aliphatic carbocycles. The van der Waals surface area contributed by atoms with E-state index in [1.165, 1.54) is 4.90 Å². The molecule has 0 saturated heterocycles. The molecule has 1 rings (SSSR count). The van der Waals surface area contributed by atoms with Crippen LogP contribution < -0.4 is 0 Å². The fourth-order valence-electron chi connectivity index (χ4n) is 1.75. The smallest absolute Gasteiger partial charge is 0.411 e. The number of hydrogen-bond acceptors (Lipinski definition) is 3. The van der Waals surface area contributed by atoms with Gasteiger partial charge in [0.1, 0.15) is 5.60 Å². The van der Waals surface area contributed by atoms with Crippen molar-refractivity contribution >= 4 is 34.7 Å². The number of rotatable bonds is 5. The van der Waals surface area contributed by atoms with Crippen molar-refractivity contribution in [3.05, 3.63) is 33.4 Å². The summed E-state index contributed by atoms with van der Waals surface area (Å²) in [5.74, 6) is 5.07. The fraction of sp³-hybridized carbons (Fsp3) is 0.444. The van der Waals surface area contributed by atoms with E-state index in [0.717, 1.165) is 9.13 Å². The topological polar surface area (TPSA) is 66.8 Å². The van der Waals surface area contributed by atoms with E-state index in [1.54, 1.807) is 20.8 Å². The number of carboxylic acid groups (broad SMARTS) is 1. The summed E-state index contributed by atoms with van der Waals surface area (Å²) in [5.41, 5.74) is 0.260. The van der Waals surface area contributed by atoms with Crippen molar-refractivity contribution in [2.75, 3.05) is 13.1 Å². The molecule has 0 saturated carbocycles. The molecule has 6 heteroatoms. The largest absolute Gasteiger partial charge is 0.481 e. The molecule has 0 aromatic heterocycles. The standard InChI is InChI=1S/C18H22INO4/c1-18(2,3)24-17(23)20(13-5-7-16(21)22)12-4-6-14-8-10-15(19)11-9-14/h8-11H,5,7,12-13H2,1-3H3,(H,21,22). The minimum absolute atomic E-state index is 0.00382. The summed E-state index contributed by atoms with van der Waals surface area (Å²) >= 11 is 2.22. The number of aliphatic carboxylic acids is 1. The molecule has 0 heterocycles. The molecule has 1 N–H and O–H groups in total. The molecule has 1 aromatic carbocycles. The average molecular weight is 443 g/mol. The molecule has 0 aliphatic rings. The summed E-state index contributed by atoms with van der Waals surface area (Å²) in [5, 5.41) is 8.74. The zero-order valence-corrected chi connectivity index (χ0v) is 16.3. The highest BCUT2D eigenvalue weighted by Gasteiger charge is 2.21. The Kier molecular flexibility index (Phi) is 8.05. The van der Waals surface area contributed by atoms with Gasteiger partial charge in [0, 0.05) is 22.1 Å². The Morgan fingerprint density at radius 1 is 1.25 bits per heavy atom. The summed E-state index contributed by atoms with van der Waals surface area (Å²) in [6, 6.07) is 7.75. The van der Waals surface area contributed by atoms with E-state index in [2.05, 4.69) is 34.4 Å². The van der Waals surface area contributed by atoms with Crippen molar-refractivity contribution in [2.45, 2.75) is 39.2 Å². The number of halogens is 1. The van der Waals surface area contributed by atoms with E-state index in [0.29, 0.717) is 13.0 Å². The lowest BCUT2D eigenvalue weighted by Gasteiger charge is -2.26. The lowest BCUT2D eigenvalue weighted by Crippen LogP contribution is -2.37. The monoisotopic (exact) mass is 443 g/mol. The number of carbonyl (C=O) groups is 2. The van der Waals surface area contributed by atoms with Crippen LogP contribution in [0.3, 0.4) is 0 Å². The number of ether oxygens (including phenoxy) is 1. The molecule has 0 bridgehead atoms. The molecule has 0 aliphatic heterocycles. The van der Waals surface area contributed by atoms with Crippen LogP contribution in [0.15, 0.2) is 24.3 Å². The number of hydrogen-bond donors (Lipinski definition) is 1. The van der Waals surface area contributed by atoms with Gasteiger partial charge in [0.05, 0.1) is 6.54 Å². The SMILES string of the molecule is CC(C)(C)OC(=O)N(CC#Cc1ccc(I)cc1)CCCC(=O)O. The molecule has 0 fully saturated rings. The lowest BCUT2D eigenvalue weighted by molar-refractivity contribution is -0.137. The lowest BCUT2D eigenvalue weighted by atomic mass is 10.2. The predicted octanol–water partition coefficient (Wildman–Crippen LogP) is 3.74. The fourth-order valence-corrected chi connectivity index (χ4v) is 2.11. The van der Waals surface area contributed by atoms with Gasteiger partial charge in [-0.2, -0.15) is 0 Å². The van der Waals surface area contributed by atoms with Crippen molar-refractivity contribution in [1.29, 1.82) is 0 Å². The first-order chi connectivity index (χ1) is 11.2. The Balaban J connectivity index is 2.71.